The third-order valence-electron chi connectivity index (χ3n) is 2.89. The van der Waals surface area contributed by atoms with Crippen LogP contribution in [0.5, 0.6) is 0 Å². The Balaban J connectivity index is 1.80. The predicted octanol–water partition coefficient (Wildman–Crippen LogP) is 2.86. The van der Waals surface area contributed by atoms with Gasteiger partial charge < -0.3 is 10.6 Å². The smallest absolute Gasteiger partial charge is 0.239 e. The topological polar surface area (TPSA) is 41.1 Å². The number of hydrogen-bond donors (Lipinski definition) is 2. The molecule has 4 heteroatoms. The molecule has 0 spiro atoms. The number of rotatable bonds is 5. The van der Waals surface area contributed by atoms with E-state index in [1.807, 2.05) is 31.2 Å². The number of carbonyl (C=O) groups excluding carboxylic acids is 1. The Hall–Kier alpha value is -2.36. The zero-order valence-corrected chi connectivity index (χ0v) is 11.3. The van der Waals surface area contributed by atoms with Crippen LogP contribution < -0.4 is 10.6 Å². The fourth-order valence-corrected chi connectivity index (χ4v) is 1.87. The summed E-state index contributed by atoms with van der Waals surface area (Å²) >= 11 is 0. The molecule has 104 valence electrons. The average Bonchev–Trinajstić information content (AvgIpc) is 2.44. The van der Waals surface area contributed by atoms with Gasteiger partial charge in [-0.25, -0.2) is 4.39 Å². The molecule has 0 aliphatic heterocycles. The normalized spacial score (nSPS) is 10.1. The van der Waals surface area contributed by atoms with Crippen LogP contribution in [0.3, 0.4) is 0 Å². The number of carbonyl (C=O) groups is 1. The molecular weight excluding hydrogens is 255 g/mol. The minimum Gasteiger partial charge on any atom is -0.374 e. The summed E-state index contributed by atoms with van der Waals surface area (Å²) in [6, 6.07) is 14.2. The summed E-state index contributed by atoms with van der Waals surface area (Å²) in [4.78, 5) is 11.7. The summed E-state index contributed by atoms with van der Waals surface area (Å²) in [5, 5.41) is 5.57. The van der Waals surface area contributed by atoms with Gasteiger partial charge >= 0.3 is 0 Å². The van der Waals surface area contributed by atoms with Crippen molar-refractivity contribution < 1.29 is 9.18 Å². The standard InChI is InChI=1S/C16H17FN2O/c1-12-5-4-6-13(9-12)10-19-16(20)11-18-15-8-3-2-7-14(15)17/h2-9,18H,10-11H2,1H3,(H,19,20). The Bertz CT molecular complexity index is 599. The molecule has 0 bridgehead atoms. The van der Waals surface area contributed by atoms with E-state index in [0.717, 1.165) is 11.1 Å². The molecule has 20 heavy (non-hydrogen) atoms. The minimum atomic E-state index is -0.362. The lowest BCUT2D eigenvalue weighted by Gasteiger charge is -2.09. The third kappa shape index (κ3) is 4.09. The summed E-state index contributed by atoms with van der Waals surface area (Å²) in [6.07, 6.45) is 0. The third-order valence-corrected chi connectivity index (χ3v) is 2.89. The molecule has 2 N–H and O–H groups in total. The lowest BCUT2D eigenvalue weighted by molar-refractivity contribution is -0.119. The van der Waals surface area contributed by atoms with Crippen LogP contribution >= 0.6 is 0 Å². The quantitative estimate of drug-likeness (QED) is 0.878. The van der Waals surface area contributed by atoms with Crippen molar-refractivity contribution in [2.75, 3.05) is 11.9 Å². The lowest BCUT2D eigenvalue weighted by Crippen LogP contribution is -2.29. The van der Waals surface area contributed by atoms with E-state index < -0.39 is 0 Å². The molecule has 0 aliphatic carbocycles. The van der Waals surface area contributed by atoms with Gasteiger partial charge in [0.25, 0.3) is 0 Å². The van der Waals surface area contributed by atoms with Gasteiger partial charge in [-0.1, -0.05) is 42.0 Å². The van der Waals surface area contributed by atoms with Crippen LogP contribution in [0, 0.1) is 12.7 Å². The minimum absolute atomic E-state index is 0.0484. The second-order valence-electron chi connectivity index (χ2n) is 4.60. The molecule has 0 heterocycles. The Morgan fingerprint density at radius 1 is 1.15 bits per heavy atom. The van der Waals surface area contributed by atoms with Gasteiger partial charge in [0.1, 0.15) is 5.82 Å². The maximum absolute atomic E-state index is 13.3. The Morgan fingerprint density at radius 3 is 2.70 bits per heavy atom. The van der Waals surface area contributed by atoms with Gasteiger partial charge in [-0.3, -0.25) is 4.79 Å². The highest BCUT2D eigenvalue weighted by Gasteiger charge is 2.04. The zero-order valence-electron chi connectivity index (χ0n) is 11.3. The predicted molar refractivity (Wildman–Crippen MR) is 77.9 cm³/mol. The first-order valence-corrected chi connectivity index (χ1v) is 6.46. The molecule has 2 aromatic carbocycles. The SMILES string of the molecule is Cc1cccc(CNC(=O)CNc2ccccc2F)c1. The fraction of sp³-hybridized carbons (Fsp3) is 0.188. The maximum Gasteiger partial charge on any atom is 0.239 e. The van der Waals surface area contributed by atoms with E-state index >= 15 is 0 Å². The van der Waals surface area contributed by atoms with Crippen molar-refractivity contribution >= 4 is 11.6 Å². The van der Waals surface area contributed by atoms with E-state index in [4.69, 9.17) is 0 Å². The van der Waals surface area contributed by atoms with Crippen LogP contribution in [-0.4, -0.2) is 12.5 Å². The maximum atomic E-state index is 13.3. The zero-order chi connectivity index (χ0) is 14.4. The number of aryl methyl sites for hydroxylation is 1. The highest BCUT2D eigenvalue weighted by atomic mass is 19.1. The molecule has 0 atom stereocenters. The first-order valence-electron chi connectivity index (χ1n) is 6.46. The Morgan fingerprint density at radius 2 is 1.95 bits per heavy atom. The van der Waals surface area contributed by atoms with Crippen LogP contribution in [-0.2, 0) is 11.3 Å². The first kappa shape index (κ1) is 14.1. The van der Waals surface area contributed by atoms with E-state index in [-0.39, 0.29) is 18.3 Å². The van der Waals surface area contributed by atoms with Crippen molar-refractivity contribution in [1.29, 1.82) is 0 Å². The van der Waals surface area contributed by atoms with Crippen molar-refractivity contribution in [3.8, 4) is 0 Å². The molecule has 3 nitrogen and oxygen atoms in total. The van der Waals surface area contributed by atoms with Crippen molar-refractivity contribution in [3.63, 3.8) is 0 Å². The number of nitrogens with one attached hydrogen (secondary N) is 2. The molecule has 2 aromatic rings. The Labute approximate surface area is 117 Å². The van der Waals surface area contributed by atoms with Crippen molar-refractivity contribution in [3.05, 3.63) is 65.5 Å². The van der Waals surface area contributed by atoms with Crippen LogP contribution in [0.25, 0.3) is 0 Å². The van der Waals surface area contributed by atoms with E-state index in [0.29, 0.717) is 12.2 Å². The molecule has 2 rings (SSSR count). The largest absolute Gasteiger partial charge is 0.374 e. The van der Waals surface area contributed by atoms with Gasteiger partial charge in [0.05, 0.1) is 12.2 Å². The van der Waals surface area contributed by atoms with Crippen molar-refractivity contribution in [2.24, 2.45) is 0 Å². The summed E-state index contributed by atoms with van der Waals surface area (Å²) in [7, 11) is 0. The molecule has 0 aromatic heterocycles. The molecule has 0 unspecified atom stereocenters. The fourth-order valence-electron chi connectivity index (χ4n) is 1.87. The summed E-state index contributed by atoms with van der Waals surface area (Å²) in [5.74, 6) is -0.534. The van der Waals surface area contributed by atoms with Gasteiger partial charge in [-0.15, -0.1) is 0 Å². The monoisotopic (exact) mass is 272 g/mol. The van der Waals surface area contributed by atoms with E-state index in [1.165, 1.54) is 6.07 Å². The number of hydrogen-bond acceptors (Lipinski definition) is 2. The second kappa shape index (κ2) is 6.70. The van der Waals surface area contributed by atoms with Gasteiger partial charge in [0, 0.05) is 6.54 Å². The summed E-state index contributed by atoms with van der Waals surface area (Å²) in [6.45, 7) is 2.53. The number of para-hydroxylation sites is 1. The second-order valence-corrected chi connectivity index (χ2v) is 4.60. The van der Waals surface area contributed by atoms with Gasteiger partial charge in [0.2, 0.25) is 5.91 Å². The first-order chi connectivity index (χ1) is 9.65. The molecule has 0 aliphatic rings. The average molecular weight is 272 g/mol. The molecular formula is C16H17FN2O. The number of halogens is 1. The molecule has 0 saturated heterocycles. The number of anilines is 1. The van der Waals surface area contributed by atoms with Crippen LogP contribution in [0.2, 0.25) is 0 Å². The summed E-state index contributed by atoms with van der Waals surface area (Å²) in [5.41, 5.74) is 2.53. The van der Waals surface area contributed by atoms with E-state index in [9.17, 15) is 9.18 Å². The molecule has 0 radical (unpaired) electrons. The number of benzene rings is 2. The van der Waals surface area contributed by atoms with Crippen molar-refractivity contribution in [1.82, 2.24) is 5.32 Å². The summed E-state index contributed by atoms with van der Waals surface area (Å²) < 4.78 is 13.3. The van der Waals surface area contributed by atoms with E-state index in [1.54, 1.807) is 18.2 Å². The van der Waals surface area contributed by atoms with Gasteiger partial charge in [-0.05, 0) is 24.6 Å². The molecule has 0 saturated carbocycles. The number of amides is 1. The van der Waals surface area contributed by atoms with Gasteiger partial charge in [-0.2, -0.15) is 0 Å². The van der Waals surface area contributed by atoms with Crippen LogP contribution in [0.4, 0.5) is 10.1 Å². The van der Waals surface area contributed by atoms with E-state index in [2.05, 4.69) is 10.6 Å². The highest BCUT2D eigenvalue weighted by Crippen LogP contribution is 2.11. The molecule has 1 amide bonds. The molecule has 0 fully saturated rings. The van der Waals surface area contributed by atoms with Crippen molar-refractivity contribution in [2.45, 2.75) is 13.5 Å². The Kier molecular flexibility index (Phi) is 4.71. The van der Waals surface area contributed by atoms with Crippen LogP contribution in [0.15, 0.2) is 48.5 Å². The lowest BCUT2D eigenvalue weighted by atomic mass is 10.1. The van der Waals surface area contributed by atoms with Crippen LogP contribution in [0.1, 0.15) is 11.1 Å². The highest BCUT2D eigenvalue weighted by molar-refractivity contribution is 5.80. The van der Waals surface area contributed by atoms with Gasteiger partial charge in [0.15, 0.2) is 0 Å².